The summed E-state index contributed by atoms with van der Waals surface area (Å²) in [5.41, 5.74) is 2.28. The van der Waals surface area contributed by atoms with Crippen LogP contribution in [0.4, 0.5) is 0 Å². The van der Waals surface area contributed by atoms with Crippen molar-refractivity contribution >= 4 is 11.8 Å². The van der Waals surface area contributed by atoms with Crippen LogP contribution in [0.5, 0.6) is 17.2 Å². The molecule has 0 fully saturated rings. The molecule has 7 nitrogen and oxygen atoms in total. The lowest BCUT2D eigenvalue weighted by Crippen LogP contribution is -2.49. The van der Waals surface area contributed by atoms with Crippen molar-refractivity contribution < 1.29 is 23.8 Å². The highest BCUT2D eigenvalue weighted by molar-refractivity contribution is 5.99. The van der Waals surface area contributed by atoms with Gasteiger partial charge < -0.3 is 24.8 Å². The van der Waals surface area contributed by atoms with Crippen molar-refractivity contribution in [3.8, 4) is 17.2 Å². The molecule has 0 spiro atoms. The van der Waals surface area contributed by atoms with E-state index < -0.39 is 6.04 Å². The van der Waals surface area contributed by atoms with E-state index in [1.807, 2.05) is 62.4 Å². The number of amides is 2. The Hall–Kier alpha value is -4.00. The highest BCUT2D eigenvalue weighted by Gasteiger charge is 2.25. The Kier molecular flexibility index (Phi) is 9.12. The maximum absolute atomic E-state index is 12.9. The highest BCUT2D eigenvalue weighted by atomic mass is 16.5. The van der Waals surface area contributed by atoms with Crippen LogP contribution in [0, 0.1) is 5.92 Å². The second kappa shape index (κ2) is 12.5. The van der Waals surface area contributed by atoms with Gasteiger partial charge in [-0.2, -0.15) is 0 Å². The van der Waals surface area contributed by atoms with Crippen molar-refractivity contribution in [2.45, 2.75) is 33.0 Å². The lowest BCUT2D eigenvalue weighted by molar-refractivity contribution is -0.124. The highest BCUT2D eigenvalue weighted by Crippen LogP contribution is 2.29. The summed E-state index contributed by atoms with van der Waals surface area (Å²) >= 11 is 0. The van der Waals surface area contributed by atoms with Crippen LogP contribution in [0.2, 0.25) is 0 Å². The molecule has 0 bridgehead atoms. The molecule has 35 heavy (non-hydrogen) atoms. The Labute approximate surface area is 206 Å². The second-order valence-corrected chi connectivity index (χ2v) is 8.37. The van der Waals surface area contributed by atoms with Crippen LogP contribution in [-0.2, 0) is 17.9 Å². The molecule has 0 aliphatic rings. The van der Waals surface area contributed by atoms with Crippen LogP contribution in [0.1, 0.15) is 35.3 Å². The number of hydrogen-bond donors (Lipinski definition) is 2. The molecular formula is C28H32N2O5. The molecular weight excluding hydrogens is 444 g/mol. The number of carbonyl (C=O) groups excluding carboxylic acids is 2. The Balaban J connectivity index is 1.62. The first-order valence-corrected chi connectivity index (χ1v) is 11.5. The van der Waals surface area contributed by atoms with Crippen LogP contribution in [-0.4, -0.2) is 32.1 Å². The maximum Gasteiger partial charge on any atom is 0.255 e. The van der Waals surface area contributed by atoms with Gasteiger partial charge in [-0.1, -0.05) is 62.4 Å². The zero-order chi connectivity index (χ0) is 25.2. The van der Waals surface area contributed by atoms with Gasteiger partial charge in [0, 0.05) is 6.54 Å². The minimum absolute atomic E-state index is 0.114. The first-order valence-electron chi connectivity index (χ1n) is 11.5. The zero-order valence-corrected chi connectivity index (χ0v) is 20.5. The third-order valence-corrected chi connectivity index (χ3v) is 5.52. The minimum atomic E-state index is -0.706. The molecule has 0 aromatic heterocycles. The average Bonchev–Trinajstić information content (AvgIpc) is 2.89. The quantitative estimate of drug-likeness (QED) is 0.430. The van der Waals surface area contributed by atoms with E-state index in [-0.39, 0.29) is 24.3 Å². The molecule has 184 valence electrons. The predicted molar refractivity (Wildman–Crippen MR) is 135 cm³/mol. The van der Waals surface area contributed by atoms with E-state index >= 15 is 0 Å². The van der Waals surface area contributed by atoms with Gasteiger partial charge in [-0.05, 0) is 41.3 Å². The van der Waals surface area contributed by atoms with Crippen molar-refractivity contribution in [3.63, 3.8) is 0 Å². The van der Waals surface area contributed by atoms with Gasteiger partial charge in [0.2, 0.25) is 5.91 Å². The van der Waals surface area contributed by atoms with Gasteiger partial charge in [0.1, 0.15) is 18.4 Å². The number of para-hydroxylation sites is 1. The van der Waals surface area contributed by atoms with Crippen molar-refractivity contribution in [2.75, 3.05) is 14.2 Å². The number of ether oxygens (including phenoxy) is 3. The lowest BCUT2D eigenvalue weighted by Gasteiger charge is -2.22. The summed E-state index contributed by atoms with van der Waals surface area (Å²) in [6.07, 6.45) is 0. The second-order valence-electron chi connectivity index (χ2n) is 8.37. The molecule has 1 atom stereocenters. The monoisotopic (exact) mass is 476 g/mol. The van der Waals surface area contributed by atoms with E-state index in [1.165, 1.54) is 7.11 Å². The van der Waals surface area contributed by atoms with Crippen molar-refractivity contribution in [1.29, 1.82) is 0 Å². The van der Waals surface area contributed by atoms with Crippen LogP contribution in [0.15, 0.2) is 72.8 Å². The largest absolute Gasteiger partial charge is 0.496 e. The molecule has 2 N–H and O–H groups in total. The molecule has 0 radical (unpaired) electrons. The number of nitrogens with one attached hydrogen (secondary N) is 2. The summed E-state index contributed by atoms with van der Waals surface area (Å²) in [7, 11) is 3.08. The number of benzene rings is 3. The van der Waals surface area contributed by atoms with E-state index in [4.69, 9.17) is 14.2 Å². The summed E-state index contributed by atoms with van der Waals surface area (Å²) in [5, 5.41) is 5.74. The van der Waals surface area contributed by atoms with E-state index in [9.17, 15) is 9.59 Å². The molecule has 3 aromatic rings. The number of methoxy groups -OCH3 is 2. The Morgan fingerprint density at radius 1 is 0.800 bits per heavy atom. The fraction of sp³-hybridized carbons (Fsp3) is 0.286. The molecule has 2 amide bonds. The fourth-order valence-electron chi connectivity index (χ4n) is 3.56. The zero-order valence-electron chi connectivity index (χ0n) is 20.5. The number of rotatable bonds is 11. The molecule has 0 aliphatic carbocycles. The molecule has 3 rings (SSSR count). The lowest BCUT2D eigenvalue weighted by atomic mass is 10.0. The summed E-state index contributed by atoms with van der Waals surface area (Å²) in [4.78, 5) is 25.7. The first-order chi connectivity index (χ1) is 16.9. The normalized spacial score (nSPS) is 11.5. The topological polar surface area (TPSA) is 85.9 Å². The van der Waals surface area contributed by atoms with Gasteiger partial charge in [0.15, 0.2) is 11.5 Å². The molecule has 3 aromatic carbocycles. The van der Waals surface area contributed by atoms with E-state index in [2.05, 4.69) is 10.6 Å². The number of hydrogen-bond acceptors (Lipinski definition) is 5. The summed E-state index contributed by atoms with van der Waals surface area (Å²) in [6.45, 7) is 4.47. The van der Waals surface area contributed by atoms with E-state index in [0.29, 0.717) is 29.4 Å². The summed E-state index contributed by atoms with van der Waals surface area (Å²) in [6, 6.07) is 21.6. The van der Waals surface area contributed by atoms with Crippen molar-refractivity contribution in [3.05, 3.63) is 89.5 Å². The molecule has 0 saturated heterocycles. The van der Waals surface area contributed by atoms with Crippen LogP contribution < -0.4 is 24.8 Å². The standard InChI is InChI=1S/C28H32N2O5/c1-19(2)26(30-27(31)22-12-8-9-13-23(22)33-3)28(32)29-17-21-14-15-24(25(16-21)34-4)35-18-20-10-6-5-7-11-20/h5-16,19,26H,17-18H2,1-4H3,(H,29,32)(H,30,31)/t26-/m0/s1. The smallest absolute Gasteiger partial charge is 0.255 e. The minimum Gasteiger partial charge on any atom is -0.496 e. The Morgan fingerprint density at radius 2 is 1.49 bits per heavy atom. The molecule has 0 heterocycles. The van der Waals surface area contributed by atoms with Gasteiger partial charge in [0.05, 0.1) is 19.8 Å². The summed E-state index contributed by atoms with van der Waals surface area (Å²) < 4.78 is 16.6. The molecule has 0 aliphatic heterocycles. The first kappa shape index (κ1) is 25.6. The Bertz CT molecular complexity index is 1130. The van der Waals surface area contributed by atoms with Gasteiger partial charge in [-0.25, -0.2) is 0 Å². The van der Waals surface area contributed by atoms with Gasteiger partial charge in [-0.3, -0.25) is 9.59 Å². The van der Waals surface area contributed by atoms with Crippen LogP contribution >= 0.6 is 0 Å². The predicted octanol–water partition coefficient (Wildman–Crippen LogP) is 4.35. The van der Waals surface area contributed by atoms with Crippen molar-refractivity contribution in [1.82, 2.24) is 10.6 Å². The molecule has 7 heteroatoms. The number of carbonyl (C=O) groups is 2. The summed E-state index contributed by atoms with van der Waals surface area (Å²) in [5.74, 6) is 0.907. The molecule has 0 saturated carbocycles. The third-order valence-electron chi connectivity index (χ3n) is 5.52. The maximum atomic E-state index is 12.9. The van der Waals surface area contributed by atoms with Crippen molar-refractivity contribution in [2.24, 2.45) is 5.92 Å². The average molecular weight is 477 g/mol. The SMILES string of the molecule is COc1cc(CNC(=O)[C@@H](NC(=O)c2ccccc2OC)C(C)C)ccc1OCc1ccccc1. The Morgan fingerprint density at radius 3 is 2.17 bits per heavy atom. The van der Waals surface area contributed by atoms with Gasteiger partial charge >= 0.3 is 0 Å². The van der Waals surface area contributed by atoms with Gasteiger partial charge in [0.25, 0.3) is 5.91 Å². The van der Waals surface area contributed by atoms with E-state index in [1.54, 1.807) is 31.4 Å². The molecule has 0 unspecified atom stereocenters. The van der Waals surface area contributed by atoms with Gasteiger partial charge in [-0.15, -0.1) is 0 Å². The fourth-order valence-corrected chi connectivity index (χ4v) is 3.56. The van der Waals surface area contributed by atoms with E-state index in [0.717, 1.165) is 11.1 Å². The van der Waals surface area contributed by atoms with Crippen LogP contribution in [0.3, 0.4) is 0 Å². The van der Waals surface area contributed by atoms with Crippen LogP contribution in [0.25, 0.3) is 0 Å². The third kappa shape index (κ3) is 6.99.